The van der Waals surface area contributed by atoms with E-state index in [4.69, 9.17) is 14.2 Å². The minimum atomic E-state index is -0.523. The lowest BCUT2D eigenvalue weighted by Gasteiger charge is -2.41. The molecule has 0 spiro atoms. The van der Waals surface area contributed by atoms with Gasteiger partial charge in [-0.05, 0) is 45.0 Å². The zero-order valence-electron chi connectivity index (χ0n) is 24.9. The Morgan fingerprint density at radius 2 is 2.00 bits per heavy atom. The predicted molar refractivity (Wildman–Crippen MR) is 157 cm³/mol. The van der Waals surface area contributed by atoms with E-state index >= 15 is 0 Å². The Morgan fingerprint density at radius 3 is 2.79 bits per heavy atom. The van der Waals surface area contributed by atoms with Crippen LogP contribution in [0.15, 0.2) is 36.7 Å². The van der Waals surface area contributed by atoms with Crippen LogP contribution < -0.4 is 14.4 Å². The maximum atomic E-state index is 14.1. The van der Waals surface area contributed by atoms with Crippen molar-refractivity contribution in [3.05, 3.63) is 59.3 Å². The first kappa shape index (κ1) is 29.2. The molecule has 12 heteroatoms. The third kappa shape index (κ3) is 6.25. The number of pyridine rings is 1. The number of ether oxygens (including phenoxy) is 3. The molecule has 0 bridgehead atoms. The first-order chi connectivity index (χ1) is 20.9. The van der Waals surface area contributed by atoms with Gasteiger partial charge in [-0.25, -0.2) is 4.39 Å². The fourth-order valence-electron chi connectivity index (χ4n) is 6.19. The number of carbonyl (C=O) groups is 1. The van der Waals surface area contributed by atoms with E-state index in [9.17, 15) is 9.18 Å². The summed E-state index contributed by atoms with van der Waals surface area (Å²) in [4.78, 5) is 28.7. The molecule has 11 nitrogen and oxygen atoms in total. The van der Waals surface area contributed by atoms with Crippen LogP contribution in [-0.4, -0.2) is 94.0 Å². The van der Waals surface area contributed by atoms with Gasteiger partial charge in [-0.2, -0.15) is 10.1 Å². The Bertz CT molecular complexity index is 1450. The van der Waals surface area contributed by atoms with Crippen molar-refractivity contribution in [1.82, 2.24) is 30.0 Å². The van der Waals surface area contributed by atoms with Crippen LogP contribution in [0, 0.1) is 5.82 Å². The van der Waals surface area contributed by atoms with Crippen molar-refractivity contribution in [2.45, 2.75) is 58.2 Å². The summed E-state index contributed by atoms with van der Waals surface area (Å²) in [6.45, 7) is 11.0. The molecule has 2 aromatic heterocycles. The monoisotopic (exact) mass is 591 g/mol. The van der Waals surface area contributed by atoms with Crippen molar-refractivity contribution in [3.63, 3.8) is 0 Å². The van der Waals surface area contributed by atoms with Crippen LogP contribution in [0.1, 0.15) is 61.3 Å². The van der Waals surface area contributed by atoms with Crippen LogP contribution in [0.25, 0.3) is 0 Å². The summed E-state index contributed by atoms with van der Waals surface area (Å²) in [6, 6.07) is 5.97. The molecule has 1 amide bonds. The van der Waals surface area contributed by atoms with E-state index in [1.54, 1.807) is 11.1 Å². The van der Waals surface area contributed by atoms with Crippen molar-refractivity contribution in [2.75, 3.05) is 50.8 Å². The fraction of sp³-hybridized carbons (Fsp3) is 0.516. The standard InChI is InChI=1S/C31H38FN7O4/c1-4-39(20(2)3)30(40)23-17-21(32)5-6-26(23)43-31-35-28(18-34-36-31)38-12-8-22(9-13-38)42-27-7-11-33-24-10-14-37-15-16-41-19-25(37)29(24)27/h5-7,11,17-18,20,22,25H,4,8-10,12-16,19H2,1-3H3. The van der Waals surface area contributed by atoms with Gasteiger partial charge < -0.3 is 24.0 Å². The van der Waals surface area contributed by atoms with E-state index in [0.29, 0.717) is 19.0 Å². The minimum absolute atomic E-state index is 0.00760. The van der Waals surface area contributed by atoms with Crippen LogP contribution in [0.3, 0.4) is 0 Å². The average molecular weight is 592 g/mol. The molecular formula is C31H38FN7O4. The van der Waals surface area contributed by atoms with E-state index < -0.39 is 5.82 Å². The molecule has 0 N–H and O–H groups in total. The van der Waals surface area contributed by atoms with Crippen LogP contribution in [-0.2, 0) is 11.2 Å². The van der Waals surface area contributed by atoms with Crippen molar-refractivity contribution < 1.29 is 23.4 Å². The second-order valence-corrected chi connectivity index (χ2v) is 11.4. The molecule has 0 saturated carbocycles. The molecule has 1 aromatic carbocycles. The summed E-state index contributed by atoms with van der Waals surface area (Å²) >= 11 is 0. The second-order valence-electron chi connectivity index (χ2n) is 11.4. The number of hydrogen-bond acceptors (Lipinski definition) is 10. The molecule has 1 atom stereocenters. The Labute approximate surface area is 251 Å². The van der Waals surface area contributed by atoms with Gasteiger partial charge in [0.2, 0.25) is 0 Å². The van der Waals surface area contributed by atoms with E-state index in [1.807, 2.05) is 33.0 Å². The number of carbonyl (C=O) groups excluding carboxylic acids is 1. The Hall–Kier alpha value is -3.90. The summed E-state index contributed by atoms with van der Waals surface area (Å²) in [6.07, 6.45) is 6.04. The molecule has 5 heterocycles. The van der Waals surface area contributed by atoms with E-state index in [2.05, 4.69) is 30.0 Å². The van der Waals surface area contributed by atoms with Crippen molar-refractivity contribution in [3.8, 4) is 17.5 Å². The fourth-order valence-corrected chi connectivity index (χ4v) is 6.19. The molecule has 0 radical (unpaired) electrons. The van der Waals surface area contributed by atoms with Crippen LogP contribution in [0.5, 0.6) is 17.5 Å². The number of halogens is 1. The van der Waals surface area contributed by atoms with E-state index in [-0.39, 0.29) is 41.4 Å². The summed E-state index contributed by atoms with van der Waals surface area (Å²) in [7, 11) is 0. The van der Waals surface area contributed by atoms with Gasteiger partial charge in [-0.1, -0.05) is 5.10 Å². The lowest BCUT2D eigenvalue weighted by atomic mass is 9.95. The molecule has 6 rings (SSSR count). The zero-order chi connectivity index (χ0) is 29.9. The number of fused-ring (bicyclic) bond motifs is 3. The molecule has 1 unspecified atom stereocenters. The SMILES string of the molecule is CCN(C(=O)c1cc(F)ccc1Oc1nncc(N2CCC(Oc3ccnc4c3C3COCCN3CC4)CC2)n1)C(C)C. The highest BCUT2D eigenvalue weighted by Gasteiger charge is 2.34. The molecule has 228 valence electrons. The quantitative estimate of drug-likeness (QED) is 0.381. The van der Waals surface area contributed by atoms with E-state index in [1.165, 1.54) is 23.8 Å². The van der Waals surface area contributed by atoms with Crippen molar-refractivity contribution >= 4 is 11.7 Å². The van der Waals surface area contributed by atoms with Crippen LogP contribution in [0.2, 0.25) is 0 Å². The number of piperidine rings is 1. The Morgan fingerprint density at radius 1 is 1.16 bits per heavy atom. The lowest BCUT2D eigenvalue weighted by Crippen LogP contribution is -2.44. The largest absolute Gasteiger partial charge is 0.490 e. The number of anilines is 1. The van der Waals surface area contributed by atoms with Gasteiger partial charge in [0.15, 0.2) is 5.82 Å². The highest BCUT2D eigenvalue weighted by molar-refractivity contribution is 5.97. The van der Waals surface area contributed by atoms with Crippen LogP contribution >= 0.6 is 0 Å². The van der Waals surface area contributed by atoms with Crippen molar-refractivity contribution in [1.29, 1.82) is 0 Å². The average Bonchev–Trinajstić information content (AvgIpc) is 3.02. The number of amides is 1. The molecule has 2 fully saturated rings. The Balaban J connectivity index is 1.12. The first-order valence-corrected chi connectivity index (χ1v) is 15.1. The summed E-state index contributed by atoms with van der Waals surface area (Å²) in [5.74, 6) is 0.862. The molecule has 3 aromatic rings. The predicted octanol–water partition coefficient (Wildman–Crippen LogP) is 4.05. The van der Waals surface area contributed by atoms with Crippen LogP contribution in [0.4, 0.5) is 10.2 Å². The van der Waals surface area contributed by atoms with Gasteiger partial charge in [0.25, 0.3) is 5.91 Å². The minimum Gasteiger partial charge on any atom is -0.490 e. The zero-order valence-corrected chi connectivity index (χ0v) is 24.9. The number of morpholine rings is 1. The molecule has 43 heavy (non-hydrogen) atoms. The molecule has 3 aliphatic heterocycles. The number of benzene rings is 1. The normalized spacial score (nSPS) is 19.1. The maximum Gasteiger partial charge on any atom is 0.343 e. The van der Waals surface area contributed by atoms with Gasteiger partial charge >= 0.3 is 6.01 Å². The van der Waals surface area contributed by atoms with Gasteiger partial charge in [0.05, 0.1) is 36.7 Å². The first-order valence-electron chi connectivity index (χ1n) is 15.1. The highest BCUT2D eigenvalue weighted by atomic mass is 19.1. The number of nitrogens with zero attached hydrogens (tertiary/aromatic N) is 7. The molecule has 2 saturated heterocycles. The molecule has 0 aliphatic carbocycles. The Kier molecular flexibility index (Phi) is 8.66. The smallest absolute Gasteiger partial charge is 0.343 e. The highest BCUT2D eigenvalue weighted by Crippen LogP contribution is 2.38. The summed E-state index contributed by atoms with van der Waals surface area (Å²) in [5, 5.41) is 8.12. The third-order valence-electron chi connectivity index (χ3n) is 8.43. The van der Waals surface area contributed by atoms with Gasteiger partial charge in [0, 0.05) is 69.8 Å². The third-order valence-corrected chi connectivity index (χ3v) is 8.43. The van der Waals surface area contributed by atoms with Gasteiger partial charge in [-0.3, -0.25) is 14.7 Å². The van der Waals surface area contributed by atoms with Gasteiger partial charge in [-0.15, -0.1) is 0 Å². The van der Waals surface area contributed by atoms with Gasteiger partial charge in [0.1, 0.15) is 23.4 Å². The number of aromatic nitrogens is 4. The van der Waals surface area contributed by atoms with Crippen molar-refractivity contribution in [2.24, 2.45) is 0 Å². The molecular weight excluding hydrogens is 553 g/mol. The molecule has 3 aliphatic rings. The lowest BCUT2D eigenvalue weighted by molar-refractivity contribution is -0.0150. The number of rotatable bonds is 8. The summed E-state index contributed by atoms with van der Waals surface area (Å²) in [5.41, 5.74) is 2.40. The second kappa shape index (κ2) is 12.8. The topological polar surface area (TPSA) is 106 Å². The summed E-state index contributed by atoms with van der Waals surface area (Å²) < 4.78 is 32.5. The maximum absolute atomic E-state index is 14.1. The number of hydrogen-bond donors (Lipinski definition) is 0. The van der Waals surface area contributed by atoms with E-state index in [0.717, 1.165) is 63.5 Å².